The Morgan fingerprint density at radius 2 is 2.05 bits per heavy atom. The van der Waals surface area contributed by atoms with Crippen LogP contribution in [0.15, 0.2) is 30.3 Å². The van der Waals surface area contributed by atoms with Gasteiger partial charge in [-0.25, -0.2) is 0 Å². The summed E-state index contributed by atoms with van der Waals surface area (Å²) in [7, 11) is 1.57. The van der Waals surface area contributed by atoms with Gasteiger partial charge in [-0.3, -0.25) is 0 Å². The maximum absolute atomic E-state index is 6.12. The molecule has 2 aromatic rings. The van der Waals surface area contributed by atoms with Crippen molar-refractivity contribution in [2.75, 3.05) is 24.7 Å². The van der Waals surface area contributed by atoms with Gasteiger partial charge in [-0.2, -0.15) is 4.98 Å². The van der Waals surface area contributed by atoms with Crippen LogP contribution in [0.3, 0.4) is 0 Å². The molecule has 1 heterocycles. The smallest absolute Gasteiger partial charge is 0.215 e. The average molecular weight is 312 g/mol. The molecule has 0 saturated carbocycles. The molecule has 0 atom stereocenters. The van der Waals surface area contributed by atoms with Crippen LogP contribution < -0.4 is 15.8 Å². The SMILES string of the molecule is COc1ccc(N)c(NCCc2ccc(Cl)cc2Cl)n1. The molecular formula is C14H15Cl2N3O. The summed E-state index contributed by atoms with van der Waals surface area (Å²) in [6, 6.07) is 8.94. The number of hydrogen-bond donors (Lipinski definition) is 2. The Kier molecular flexibility index (Phi) is 4.93. The molecular weight excluding hydrogens is 297 g/mol. The molecule has 0 aliphatic carbocycles. The van der Waals surface area contributed by atoms with E-state index in [0.29, 0.717) is 34.0 Å². The van der Waals surface area contributed by atoms with Gasteiger partial charge in [-0.05, 0) is 30.2 Å². The van der Waals surface area contributed by atoms with E-state index in [1.165, 1.54) is 0 Å². The highest BCUT2D eigenvalue weighted by Crippen LogP contribution is 2.22. The Bertz CT molecular complexity index is 605. The minimum absolute atomic E-state index is 0.520. The Balaban J connectivity index is 1.99. The molecule has 0 unspecified atom stereocenters. The van der Waals surface area contributed by atoms with E-state index in [2.05, 4.69) is 10.3 Å². The van der Waals surface area contributed by atoms with Gasteiger partial charge < -0.3 is 15.8 Å². The van der Waals surface area contributed by atoms with Gasteiger partial charge in [0.2, 0.25) is 5.88 Å². The van der Waals surface area contributed by atoms with Gasteiger partial charge in [-0.15, -0.1) is 0 Å². The molecule has 1 aromatic heterocycles. The van der Waals surface area contributed by atoms with E-state index in [0.717, 1.165) is 12.0 Å². The average Bonchev–Trinajstić information content (AvgIpc) is 2.43. The second kappa shape index (κ2) is 6.68. The first-order valence-corrected chi connectivity index (χ1v) is 6.84. The van der Waals surface area contributed by atoms with E-state index < -0.39 is 0 Å². The first-order valence-electron chi connectivity index (χ1n) is 6.08. The summed E-state index contributed by atoms with van der Waals surface area (Å²) in [5, 5.41) is 4.46. The van der Waals surface area contributed by atoms with Gasteiger partial charge in [0.1, 0.15) is 0 Å². The largest absolute Gasteiger partial charge is 0.481 e. The molecule has 6 heteroatoms. The number of aromatic nitrogens is 1. The van der Waals surface area contributed by atoms with Crippen LogP contribution in [0.2, 0.25) is 10.0 Å². The minimum atomic E-state index is 0.520. The molecule has 0 saturated heterocycles. The second-order valence-corrected chi connectivity index (χ2v) is 5.05. The normalized spacial score (nSPS) is 10.3. The summed E-state index contributed by atoms with van der Waals surface area (Å²) in [6.07, 6.45) is 0.744. The molecule has 0 spiro atoms. The number of ether oxygens (including phenoxy) is 1. The van der Waals surface area contributed by atoms with Crippen molar-refractivity contribution in [3.63, 3.8) is 0 Å². The maximum Gasteiger partial charge on any atom is 0.215 e. The fourth-order valence-corrected chi connectivity index (χ4v) is 2.25. The monoisotopic (exact) mass is 311 g/mol. The highest BCUT2D eigenvalue weighted by Gasteiger charge is 2.05. The molecule has 0 amide bonds. The lowest BCUT2D eigenvalue weighted by molar-refractivity contribution is 0.398. The standard InChI is InChI=1S/C14H15Cl2N3O/c1-20-13-5-4-12(17)14(19-13)18-7-6-9-2-3-10(15)8-11(9)16/h2-5,8H,6-7,17H2,1H3,(H,18,19). The number of methoxy groups -OCH3 is 1. The van der Waals surface area contributed by atoms with Gasteiger partial charge in [0.25, 0.3) is 0 Å². The van der Waals surface area contributed by atoms with Crippen LogP contribution in [0.1, 0.15) is 5.56 Å². The highest BCUT2D eigenvalue weighted by molar-refractivity contribution is 6.35. The lowest BCUT2D eigenvalue weighted by atomic mass is 10.1. The van der Waals surface area contributed by atoms with Crippen LogP contribution in [0.5, 0.6) is 5.88 Å². The van der Waals surface area contributed by atoms with E-state index in [4.69, 9.17) is 33.7 Å². The number of nitrogens with one attached hydrogen (secondary N) is 1. The van der Waals surface area contributed by atoms with Crippen molar-refractivity contribution >= 4 is 34.7 Å². The van der Waals surface area contributed by atoms with Gasteiger partial charge in [0, 0.05) is 22.7 Å². The zero-order chi connectivity index (χ0) is 14.5. The maximum atomic E-state index is 6.12. The zero-order valence-electron chi connectivity index (χ0n) is 11.0. The number of anilines is 2. The second-order valence-electron chi connectivity index (χ2n) is 4.20. The fourth-order valence-electron chi connectivity index (χ4n) is 1.75. The van der Waals surface area contributed by atoms with E-state index >= 15 is 0 Å². The zero-order valence-corrected chi connectivity index (χ0v) is 12.5. The van der Waals surface area contributed by atoms with E-state index in [9.17, 15) is 0 Å². The molecule has 0 aliphatic rings. The summed E-state index contributed by atoms with van der Waals surface area (Å²) in [5.74, 6) is 1.13. The lowest BCUT2D eigenvalue weighted by Crippen LogP contribution is -2.09. The molecule has 2 rings (SSSR count). The van der Waals surface area contributed by atoms with Crippen LogP contribution in [0.4, 0.5) is 11.5 Å². The highest BCUT2D eigenvalue weighted by atomic mass is 35.5. The van der Waals surface area contributed by atoms with Crippen LogP contribution in [-0.4, -0.2) is 18.6 Å². The van der Waals surface area contributed by atoms with Crippen molar-refractivity contribution in [3.05, 3.63) is 45.9 Å². The molecule has 20 heavy (non-hydrogen) atoms. The summed E-state index contributed by atoms with van der Waals surface area (Å²) in [6.45, 7) is 0.658. The van der Waals surface area contributed by atoms with Crippen molar-refractivity contribution in [3.8, 4) is 5.88 Å². The predicted molar refractivity (Wildman–Crippen MR) is 83.9 cm³/mol. The number of nitrogens with zero attached hydrogens (tertiary/aromatic N) is 1. The van der Waals surface area contributed by atoms with Gasteiger partial charge in [0.15, 0.2) is 5.82 Å². The molecule has 0 radical (unpaired) electrons. The van der Waals surface area contributed by atoms with Crippen LogP contribution in [0, 0.1) is 0 Å². The first kappa shape index (κ1) is 14.8. The van der Waals surface area contributed by atoms with Gasteiger partial charge >= 0.3 is 0 Å². The third-order valence-corrected chi connectivity index (χ3v) is 3.40. The summed E-state index contributed by atoms with van der Waals surface area (Å²) in [5.41, 5.74) is 7.44. The molecule has 1 aromatic carbocycles. The number of nitrogen functional groups attached to an aromatic ring is 1. The summed E-state index contributed by atoms with van der Waals surface area (Å²) in [4.78, 5) is 4.25. The molecule has 4 nitrogen and oxygen atoms in total. The number of benzene rings is 1. The lowest BCUT2D eigenvalue weighted by Gasteiger charge is -2.10. The van der Waals surface area contributed by atoms with Crippen LogP contribution in [0.25, 0.3) is 0 Å². The van der Waals surface area contributed by atoms with Gasteiger partial charge in [-0.1, -0.05) is 29.3 Å². The summed E-state index contributed by atoms with van der Waals surface area (Å²) >= 11 is 12.0. The number of rotatable bonds is 5. The van der Waals surface area contributed by atoms with Crippen molar-refractivity contribution in [1.29, 1.82) is 0 Å². The quantitative estimate of drug-likeness (QED) is 0.885. The van der Waals surface area contributed by atoms with Gasteiger partial charge in [0.05, 0.1) is 12.8 Å². The summed E-state index contributed by atoms with van der Waals surface area (Å²) < 4.78 is 5.06. The molecule has 3 N–H and O–H groups in total. The number of pyridine rings is 1. The first-order chi connectivity index (χ1) is 9.60. The van der Waals surface area contributed by atoms with Crippen LogP contribution >= 0.6 is 23.2 Å². The van der Waals surface area contributed by atoms with Crippen LogP contribution in [-0.2, 0) is 6.42 Å². The van der Waals surface area contributed by atoms with Crippen molar-refractivity contribution < 1.29 is 4.74 Å². The van der Waals surface area contributed by atoms with Crippen molar-refractivity contribution in [1.82, 2.24) is 4.98 Å². The number of hydrogen-bond acceptors (Lipinski definition) is 4. The Morgan fingerprint density at radius 3 is 2.75 bits per heavy atom. The molecule has 0 fully saturated rings. The topological polar surface area (TPSA) is 60.2 Å². The van der Waals surface area contributed by atoms with E-state index in [1.807, 2.05) is 12.1 Å². The molecule has 106 valence electrons. The Hall–Kier alpha value is -1.65. The third kappa shape index (κ3) is 3.68. The molecule has 0 aliphatic heterocycles. The van der Waals surface area contributed by atoms with E-state index in [1.54, 1.807) is 25.3 Å². The van der Waals surface area contributed by atoms with E-state index in [-0.39, 0.29) is 0 Å². The third-order valence-electron chi connectivity index (χ3n) is 2.81. The Labute approximate surface area is 127 Å². The minimum Gasteiger partial charge on any atom is -0.481 e. The van der Waals surface area contributed by atoms with Crippen molar-refractivity contribution in [2.45, 2.75) is 6.42 Å². The predicted octanol–water partition coefficient (Wildman–Crippen LogP) is 3.63. The molecule has 0 bridgehead atoms. The number of nitrogens with two attached hydrogens (primary N) is 1. The number of halogens is 2. The Morgan fingerprint density at radius 1 is 1.25 bits per heavy atom. The fraction of sp³-hybridized carbons (Fsp3) is 0.214. The van der Waals surface area contributed by atoms with Crippen molar-refractivity contribution in [2.24, 2.45) is 0 Å².